The molecule has 0 unspecified atom stereocenters. The van der Waals surface area contributed by atoms with Gasteiger partial charge < -0.3 is 28.4 Å². The molecule has 2 aromatic rings. The van der Waals surface area contributed by atoms with Gasteiger partial charge in [0.2, 0.25) is 0 Å². The molecule has 0 aliphatic carbocycles. The van der Waals surface area contributed by atoms with E-state index in [2.05, 4.69) is 0 Å². The number of hydrogen-bond donors (Lipinski definition) is 0. The predicted molar refractivity (Wildman–Crippen MR) is 95.8 cm³/mol. The van der Waals surface area contributed by atoms with Gasteiger partial charge in [0.15, 0.2) is 23.0 Å². The summed E-state index contributed by atoms with van der Waals surface area (Å²) in [5, 5.41) is 0. The van der Waals surface area contributed by atoms with E-state index in [9.17, 15) is 0 Å². The van der Waals surface area contributed by atoms with Crippen LogP contribution in [-0.2, 0) is 14.2 Å². The maximum Gasteiger partial charge on any atom is 0.169 e. The van der Waals surface area contributed by atoms with E-state index in [1.54, 1.807) is 0 Å². The van der Waals surface area contributed by atoms with Gasteiger partial charge in [-0.15, -0.1) is 0 Å². The van der Waals surface area contributed by atoms with E-state index in [0.29, 0.717) is 62.6 Å². The number of hydrogen-bond acceptors (Lipinski definition) is 6. The largest absolute Gasteiger partial charge is 0.496 e. The number of benzene rings is 2. The lowest BCUT2D eigenvalue weighted by molar-refractivity contribution is 0.0623. The van der Waals surface area contributed by atoms with Gasteiger partial charge >= 0.3 is 0 Å². The lowest BCUT2D eigenvalue weighted by Gasteiger charge is -2.15. The molecule has 0 saturated carbocycles. The molecule has 0 amide bonds. The molecular formula is C20H22O6. The molecule has 0 atom stereocenters. The zero-order chi connectivity index (χ0) is 17.9. The van der Waals surface area contributed by atoms with Crippen molar-refractivity contribution in [3.05, 3.63) is 61.1 Å². The first-order chi connectivity index (χ1) is 12.9. The summed E-state index contributed by atoms with van der Waals surface area (Å²) >= 11 is 0. The smallest absolute Gasteiger partial charge is 0.169 e. The van der Waals surface area contributed by atoms with Crippen LogP contribution < -0.4 is 14.2 Å². The summed E-state index contributed by atoms with van der Waals surface area (Å²) in [7, 11) is 0. The van der Waals surface area contributed by atoms with Crippen molar-refractivity contribution in [3.8, 4) is 23.0 Å². The molecule has 1 heterocycles. The molecule has 6 heteroatoms. The molecule has 0 bridgehead atoms. The van der Waals surface area contributed by atoms with Gasteiger partial charge in [-0.2, -0.15) is 0 Å². The Hall–Kier alpha value is -2.86. The van der Waals surface area contributed by atoms with Gasteiger partial charge in [0.05, 0.1) is 13.2 Å². The third-order valence-corrected chi connectivity index (χ3v) is 3.46. The summed E-state index contributed by atoms with van der Waals surface area (Å²) in [5.74, 6) is 2.51. The second-order valence-corrected chi connectivity index (χ2v) is 5.32. The Balaban J connectivity index is 1.74. The average molecular weight is 358 g/mol. The Bertz CT molecular complexity index is 700. The molecule has 1 aliphatic rings. The summed E-state index contributed by atoms with van der Waals surface area (Å²) in [6.45, 7) is 2.57. The van der Waals surface area contributed by atoms with Crippen molar-refractivity contribution >= 4 is 0 Å². The van der Waals surface area contributed by atoms with Gasteiger partial charge in [-0.1, -0.05) is 24.3 Å². The van der Waals surface area contributed by atoms with E-state index in [0.717, 1.165) is 0 Å². The van der Waals surface area contributed by atoms with Crippen LogP contribution in [0.3, 0.4) is 0 Å². The van der Waals surface area contributed by atoms with E-state index < -0.39 is 0 Å². The molecule has 6 nitrogen and oxygen atoms in total. The fraction of sp³-hybridized carbons (Fsp3) is 0.300. The Labute approximate surface area is 152 Å². The lowest BCUT2D eigenvalue weighted by Crippen LogP contribution is -2.10. The highest BCUT2D eigenvalue weighted by molar-refractivity contribution is 5.47. The first-order valence-electron chi connectivity index (χ1n) is 8.51. The second-order valence-electron chi connectivity index (χ2n) is 5.32. The fourth-order valence-corrected chi connectivity index (χ4v) is 2.26. The SMILES string of the molecule is C1=C\OCCOc2ccccc2Oc2ccccc2OCCOCCO/1. The van der Waals surface area contributed by atoms with Crippen molar-refractivity contribution in [1.82, 2.24) is 0 Å². The number of fused-ring (bicyclic) bond motifs is 2. The van der Waals surface area contributed by atoms with Gasteiger partial charge in [0.25, 0.3) is 0 Å². The molecule has 0 fully saturated rings. The van der Waals surface area contributed by atoms with E-state index in [1.165, 1.54) is 12.5 Å². The van der Waals surface area contributed by atoms with E-state index in [-0.39, 0.29) is 0 Å². The van der Waals surface area contributed by atoms with Gasteiger partial charge in [-0.3, -0.25) is 0 Å². The number of rotatable bonds is 0. The summed E-state index contributed by atoms with van der Waals surface area (Å²) in [4.78, 5) is 0. The minimum Gasteiger partial charge on any atom is -0.496 e. The van der Waals surface area contributed by atoms with Gasteiger partial charge in [-0.05, 0) is 24.3 Å². The van der Waals surface area contributed by atoms with Crippen LogP contribution in [-0.4, -0.2) is 39.6 Å². The quantitative estimate of drug-likeness (QED) is 0.715. The lowest BCUT2D eigenvalue weighted by atomic mass is 10.3. The summed E-state index contributed by atoms with van der Waals surface area (Å²) < 4.78 is 33.6. The third kappa shape index (κ3) is 5.60. The van der Waals surface area contributed by atoms with Gasteiger partial charge in [-0.25, -0.2) is 0 Å². The van der Waals surface area contributed by atoms with Crippen molar-refractivity contribution in [1.29, 1.82) is 0 Å². The molecule has 26 heavy (non-hydrogen) atoms. The number of ether oxygens (including phenoxy) is 6. The van der Waals surface area contributed by atoms with E-state index >= 15 is 0 Å². The molecule has 0 radical (unpaired) electrons. The molecule has 3 rings (SSSR count). The Morgan fingerprint density at radius 2 is 0.962 bits per heavy atom. The molecule has 138 valence electrons. The maximum absolute atomic E-state index is 6.02. The van der Waals surface area contributed by atoms with Crippen LogP contribution in [0.25, 0.3) is 0 Å². The van der Waals surface area contributed by atoms with E-state index in [4.69, 9.17) is 28.4 Å². The zero-order valence-corrected chi connectivity index (χ0v) is 14.5. The van der Waals surface area contributed by atoms with Crippen molar-refractivity contribution in [2.24, 2.45) is 0 Å². The fourth-order valence-electron chi connectivity index (χ4n) is 2.26. The molecule has 2 aromatic carbocycles. The Morgan fingerprint density at radius 1 is 0.500 bits per heavy atom. The molecule has 0 spiro atoms. The van der Waals surface area contributed by atoms with Crippen LogP contribution in [0.4, 0.5) is 0 Å². The van der Waals surface area contributed by atoms with Crippen molar-refractivity contribution in [2.45, 2.75) is 0 Å². The van der Waals surface area contributed by atoms with Crippen molar-refractivity contribution in [3.63, 3.8) is 0 Å². The van der Waals surface area contributed by atoms with Gasteiger partial charge in [0.1, 0.15) is 39.0 Å². The first kappa shape index (κ1) is 17.9. The molecule has 0 aromatic heterocycles. The number of para-hydroxylation sites is 4. The topological polar surface area (TPSA) is 55.4 Å². The Morgan fingerprint density at radius 3 is 1.58 bits per heavy atom. The van der Waals surface area contributed by atoms with Crippen molar-refractivity contribution < 1.29 is 28.4 Å². The van der Waals surface area contributed by atoms with Gasteiger partial charge in [0, 0.05) is 0 Å². The second kappa shape index (κ2) is 10.2. The van der Waals surface area contributed by atoms with Crippen LogP contribution >= 0.6 is 0 Å². The highest BCUT2D eigenvalue weighted by Crippen LogP contribution is 2.36. The molecule has 0 saturated heterocycles. The minimum atomic E-state index is 0.381. The first-order valence-corrected chi connectivity index (χ1v) is 8.51. The molecule has 1 aliphatic heterocycles. The zero-order valence-electron chi connectivity index (χ0n) is 14.5. The minimum absolute atomic E-state index is 0.381. The van der Waals surface area contributed by atoms with Crippen LogP contribution in [0.5, 0.6) is 23.0 Å². The van der Waals surface area contributed by atoms with Crippen LogP contribution in [0.2, 0.25) is 0 Å². The monoisotopic (exact) mass is 358 g/mol. The molecular weight excluding hydrogens is 336 g/mol. The van der Waals surface area contributed by atoms with Crippen LogP contribution in [0.15, 0.2) is 61.1 Å². The average Bonchev–Trinajstić information content (AvgIpc) is 2.67. The van der Waals surface area contributed by atoms with E-state index in [1.807, 2.05) is 48.5 Å². The van der Waals surface area contributed by atoms with Crippen LogP contribution in [0, 0.1) is 0 Å². The van der Waals surface area contributed by atoms with Crippen molar-refractivity contribution in [2.75, 3.05) is 39.6 Å². The maximum atomic E-state index is 6.02. The summed E-state index contributed by atoms with van der Waals surface area (Å²) in [6, 6.07) is 15.0. The highest BCUT2D eigenvalue weighted by atomic mass is 16.6. The van der Waals surface area contributed by atoms with Crippen LogP contribution in [0.1, 0.15) is 0 Å². The normalized spacial score (nSPS) is 17.2. The predicted octanol–water partition coefficient (Wildman–Crippen LogP) is 3.77. The standard InChI is InChI=1S/C20H22O6/c1-3-7-19-17(5-1)24-15-13-22-11-9-21-10-12-23-14-16-25-18-6-2-4-8-20(18)26-19/h1-9,11H,10,12-16H2/b11-9-. The Kier molecular flexibility index (Phi) is 7.04. The summed E-state index contributed by atoms with van der Waals surface area (Å²) in [6.07, 6.45) is 2.99. The molecule has 0 N–H and O–H groups in total. The third-order valence-electron chi connectivity index (χ3n) is 3.46. The summed E-state index contributed by atoms with van der Waals surface area (Å²) in [5.41, 5.74) is 0. The highest BCUT2D eigenvalue weighted by Gasteiger charge is 2.10.